The van der Waals surface area contributed by atoms with Crippen LogP contribution in [0.15, 0.2) is 24.3 Å². The summed E-state index contributed by atoms with van der Waals surface area (Å²) >= 11 is 3.17. The van der Waals surface area contributed by atoms with Crippen molar-refractivity contribution in [3.63, 3.8) is 0 Å². The maximum absolute atomic E-state index is 11.4. The van der Waals surface area contributed by atoms with Crippen LogP contribution >= 0.6 is 15.9 Å². The van der Waals surface area contributed by atoms with Gasteiger partial charge >= 0.3 is 0 Å². The summed E-state index contributed by atoms with van der Waals surface area (Å²) in [7, 11) is 0. The van der Waals surface area contributed by atoms with Gasteiger partial charge in [-0.3, -0.25) is 4.79 Å². The van der Waals surface area contributed by atoms with Gasteiger partial charge in [-0.1, -0.05) is 28.1 Å². The molecule has 1 heterocycles. The predicted molar refractivity (Wildman–Crippen MR) is 74.9 cm³/mol. The van der Waals surface area contributed by atoms with Crippen LogP contribution in [0.3, 0.4) is 0 Å². The molecule has 1 aromatic rings. The summed E-state index contributed by atoms with van der Waals surface area (Å²) in [5, 5.41) is 3.26. The maximum atomic E-state index is 11.4. The van der Waals surface area contributed by atoms with Crippen LogP contribution in [-0.4, -0.2) is 24.3 Å². The van der Waals surface area contributed by atoms with Crippen molar-refractivity contribution in [2.45, 2.75) is 19.3 Å². The molecule has 92 valence electrons. The molecule has 0 spiro atoms. The number of alkyl halides is 1. The molecule has 1 fully saturated rings. The number of halogens is 1. The summed E-state index contributed by atoms with van der Waals surface area (Å²) in [6, 6.07) is 8.02. The smallest absolute Gasteiger partial charge is 0.235 e. The first-order valence-electron chi connectivity index (χ1n) is 6.01. The van der Waals surface area contributed by atoms with E-state index in [1.807, 2.05) is 18.2 Å². The fourth-order valence-electron chi connectivity index (χ4n) is 2.17. The lowest BCUT2D eigenvalue weighted by molar-refractivity contribution is -0.113. The molecule has 0 radical (unpaired) electrons. The SMILES string of the molecule is O=C(CBr)Nc1ccccc1N1CCCCC1. The van der Waals surface area contributed by atoms with E-state index in [-0.39, 0.29) is 5.91 Å². The van der Waals surface area contributed by atoms with Crippen molar-refractivity contribution in [1.82, 2.24) is 0 Å². The average molecular weight is 297 g/mol. The van der Waals surface area contributed by atoms with Crippen molar-refractivity contribution in [2.75, 3.05) is 28.6 Å². The van der Waals surface area contributed by atoms with Gasteiger partial charge in [0.2, 0.25) is 5.91 Å². The van der Waals surface area contributed by atoms with E-state index in [2.05, 4.69) is 32.2 Å². The maximum Gasteiger partial charge on any atom is 0.235 e. The van der Waals surface area contributed by atoms with Crippen molar-refractivity contribution in [1.29, 1.82) is 0 Å². The van der Waals surface area contributed by atoms with Gasteiger partial charge < -0.3 is 10.2 Å². The summed E-state index contributed by atoms with van der Waals surface area (Å²) in [6.07, 6.45) is 3.79. The number of para-hydroxylation sites is 2. The first-order valence-corrected chi connectivity index (χ1v) is 7.13. The number of rotatable bonds is 3. The quantitative estimate of drug-likeness (QED) is 0.870. The lowest BCUT2D eigenvalue weighted by atomic mass is 10.1. The Morgan fingerprint density at radius 3 is 2.65 bits per heavy atom. The molecule has 3 nitrogen and oxygen atoms in total. The monoisotopic (exact) mass is 296 g/mol. The van der Waals surface area contributed by atoms with E-state index in [4.69, 9.17) is 0 Å². The Morgan fingerprint density at radius 1 is 1.24 bits per heavy atom. The Labute approximate surface area is 110 Å². The lowest BCUT2D eigenvalue weighted by Crippen LogP contribution is -2.30. The number of amides is 1. The standard InChI is InChI=1S/C13H17BrN2O/c14-10-13(17)15-11-6-2-3-7-12(11)16-8-4-1-5-9-16/h2-3,6-7H,1,4-5,8-10H2,(H,15,17). The number of hydrogen-bond donors (Lipinski definition) is 1. The first kappa shape index (κ1) is 12.4. The second-order valence-corrected chi connectivity index (χ2v) is 4.81. The average Bonchev–Trinajstić information content (AvgIpc) is 2.40. The molecule has 2 rings (SSSR count). The Morgan fingerprint density at radius 2 is 1.94 bits per heavy atom. The zero-order valence-corrected chi connectivity index (χ0v) is 11.4. The fourth-order valence-corrected chi connectivity index (χ4v) is 2.31. The second kappa shape index (κ2) is 6.05. The summed E-state index contributed by atoms with van der Waals surface area (Å²) in [4.78, 5) is 13.8. The number of anilines is 2. The van der Waals surface area contributed by atoms with Gasteiger partial charge in [-0.25, -0.2) is 0 Å². The van der Waals surface area contributed by atoms with E-state index in [0.29, 0.717) is 5.33 Å². The van der Waals surface area contributed by atoms with E-state index in [1.54, 1.807) is 0 Å². The third kappa shape index (κ3) is 3.22. The molecule has 1 amide bonds. The van der Waals surface area contributed by atoms with Crippen LogP contribution in [0.2, 0.25) is 0 Å². The Balaban J connectivity index is 2.17. The Bertz CT molecular complexity index is 389. The van der Waals surface area contributed by atoms with Crippen molar-refractivity contribution in [2.24, 2.45) is 0 Å². The number of carbonyl (C=O) groups is 1. The first-order chi connectivity index (χ1) is 8.31. The molecule has 1 aliphatic heterocycles. The van der Waals surface area contributed by atoms with E-state index in [9.17, 15) is 4.79 Å². The molecule has 0 aliphatic carbocycles. The normalized spacial score (nSPS) is 15.7. The zero-order chi connectivity index (χ0) is 12.1. The molecule has 4 heteroatoms. The molecule has 1 N–H and O–H groups in total. The summed E-state index contributed by atoms with van der Waals surface area (Å²) in [5.41, 5.74) is 2.06. The molecule has 17 heavy (non-hydrogen) atoms. The molecular weight excluding hydrogens is 280 g/mol. The molecule has 0 aromatic heterocycles. The van der Waals surface area contributed by atoms with Gasteiger partial charge in [0.15, 0.2) is 0 Å². The van der Waals surface area contributed by atoms with E-state index in [0.717, 1.165) is 24.5 Å². The summed E-state index contributed by atoms with van der Waals surface area (Å²) in [5.74, 6) is -0.00513. The van der Waals surface area contributed by atoms with E-state index >= 15 is 0 Å². The van der Waals surface area contributed by atoms with Crippen LogP contribution in [0.1, 0.15) is 19.3 Å². The lowest BCUT2D eigenvalue weighted by Gasteiger charge is -2.30. The Hall–Kier alpha value is -1.03. The highest BCUT2D eigenvalue weighted by molar-refractivity contribution is 9.09. The number of benzene rings is 1. The number of nitrogens with one attached hydrogen (secondary N) is 1. The van der Waals surface area contributed by atoms with Crippen molar-refractivity contribution in [3.05, 3.63) is 24.3 Å². The predicted octanol–water partition coefficient (Wildman–Crippen LogP) is 3.01. The third-order valence-electron chi connectivity index (χ3n) is 3.00. The van der Waals surface area contributed by atoms with Crippen molar-refractivity contribution >= 4 is 33.2 Å². The number of carbonyl (C=O) groups excluding carboxylic acids is 1. The molecule has 0 unspecified atom stereocenters. The van der Waals surface area contributed by atoms with Crippen molar-refractivity contribution in [3.8, 4) is 0 Å². The molecular formula is C13H17BrN2O. The van der Waals surface area contributed by atoms with E-state index < -0.39 is 0 Å². The minimum Gasteiger partial charge on any atom is -0.370 e. The topological polar surface area (TPSA) is 32.3 Å². The molecule has 0 bridgehead atoms. The van der Waals surface area contributed by atoms with Gasteiger partial charge in [0.25, 0.3) is 0 Å². The minimum absolute atomic E-state index is 0.00513. The Kier molecular flexibility index (Phi) is 4.42. The second-order valence-electron chi connectivity index (χ2n) is 4.25. The third-order valence-corrected chi connectivity index (χ3v) is 3.51. The summed E-state index contributed by atoms with van der Waals surface area (Å²) in [6.45, 7) is 2.17. The molecule has 1 aliphatic rings. The van der Waals surface area contributed by atoms with Gasteiger partial charge in [-0.05, 0) is 31.4 Å². The highest BCUT2D eigenvalue weighted by Crippen LogP contribution is 2.28. The number of piperidine rings is 1. The molecule has 1 aromatic carbocycles. The van der Waals surface area contributed by atoms with Crippen LogP contribution in [0.25, 0.3) is 0 Å². The highest BCUT2D eigenvalue weighted by Gasteiger charge is 2.14. The van der Waals surface area contributed by atoms with Gasteiger partial charge in [0.05, 0.1) is 16.7 Å². The van der Waals surface area contributed by atoms with Crippen molar-refractivity contribution < 1.29 is 4.79 Å². The van der Waals surface area contributed by atoms with Gasteiger partial charge in [0, 0.05) is 13.1 Å². The number of hydrogen-bond acceptors (Lipinski definition) is 2. The molecule has 1 saturated heterocycles. The zero-order valence-electron chi connectivity index (χ0n) is 9.79. The summed E-state index contributed by atoms with van der Waals surface area (Å²) < 4.78 is 0. The van der Waals surface area contributed by atoms with E-state index in [1.165, 1.54) is 19.3 Å². The largest absolute Gasteiger partial charge is 0.370 e. The van der Waals surface area contributed by atoms with Crippen LogP contribution < -0.4 is 10.2 Å². The molecule has 0 atom stereocenters. The number of nitrogens with zero attached hydrogens (tertiary/aromatic N) is 1. The minimum atomic E-state index is -0.00513. The van der Waals surface area contributed by atoms with Gasteiger partial charge in [0.1, 0.15) is 0 Å². The van der Waals surface area contributed by atoms with Crippen LogP contribution in [0.4, 0.5) is 11.4 Å². The highest BCUT2D eigenvalue weighted by atomic mass is 79.9. The van der Waals surface area contributed by atoms with Crippen LogP contribution in [0.5, 0.6) is 0 Å². The fraction of sp³-hybridized carbons (Fsp3) is 0.462. The van der Waals surface area contributed by atoms with Crippen LogP contribution in [-0.2, 0) is 4.79 Å². The van der Waals surface area contributed by atoms with Crippen LogP contribution in [0, 0.1) is 0 Å². The van der Waals surface area contributed by atoms with Gasteiger partial charge in [-0.15, -0.1) is 0 Å². The molecule has 0 saturated carbocycles. The van der Waals surface area contributed by atoms with Gasteiger partial charge in [-0.2, -0.15) is 0 Å².